The van der Waals surface area contributed by atoms with Crippen LogP contribution < -0.4 is 10.2 Å². The van der Waals surface area contributed by atoms with E-state index in [1.54, 1.807) is 30.3 Å². The van der Waals surface area contributed by atoms with Gasteiger partial charge in [0, 0.05) is 23.5 Å². The van der Waals surface area contributed by atoms with Crippen LogP contribution in [-0.4, -0.2) is 42.1 Å². The molecule has 2 aromatic rings. The molecule has 1 amide bonds. The summed E-state index contributed by atoms with van der Waals surface area (Å²) in [6.45, 7) is 6.25. The molecule has 0 bridgehead atoms. The van der Waals surface area contributed by atoms with Crippen LogP contribution in [0.4, 0.5) is 10.1 Å². The van der Waals surface area contributed by atoms with E-state index in [2.05, 4.69) is 10.2 Å². The van der Waals surface area contributed by atoms with E-state index in [1.165, 1.54) is 31.4 Å². The first-order valence-electron chi connectivity index (χ1n) is 11.6. The minimum Gasteiger partial charge on any atom is -0.352 e. The van der Waals surface area contributed by atoms with Crippen LogP contribution in [-0.2, 0) is 11.3 Å². The van der Waals surface area contributed by atoms with Gasteiger partial charge in [0.15, 0.2) is 0 Å². The number of amides is 1. The number of fused-ring (bicyclic) bond motifs is 1. The number of anilines is 1. The molecule has 5 nitrogen and oxygen atoms in total. The number of thioether (sulfide) groups is 1. The molecule has 0 aromatic heterocycles. The molecular weight excluding hydrogens is 437 g/mol. The van der Waals surface area contributed by atoms with Gasteiger partial charge in [-0.1, -0.05) is 24.6 Å². The molecule has 0 atom stereocenters. The SMILES string of the molecule is CC=C1C(=O)Sc2cc(C(=O)NCCCN3CCCCC3)ccc2N1Cc1ccc(F)cc1. The van der Waals surface area contributed by atoms with Crippen molar-refractivity contribution < 1.29 is 14.0 Å². The van der Waals surface area contributed by atoms with E-state index < -0.39 is 0 Å². The number of nitrogens with one attached hydrogen (secondary N) is 1. The molecule has 2 aliphatic rings. The van der Waals surface area contributed by atoms with E-state index in [-0.39, 0.29) is 16.8 Å². The Hall–Kier alpha value is -2.64. The second-order valence-corrected chi connectivity index (χ2v) is 9.49. The fourth-order valence-corrected chi connectivity index (χ4v) is 5.36. The molecule has 0 radical (unpaired) electrons. The summed E-state index contributed by atoms with van der Waals surface area (Å²) < 4.78 is 13.3. The molecular formula is C26H30FN3O2S. The summed E-state index contributed by atoms with van der Waals surface area (Å²) >= 11 is 1.14. The van der Waals surface area contributed by atoms with Gasteiger partial charge in [-0.15, -0.1) is 0 Å². The van der Waals surface area contributed by atoms with E-state index in [0.29, 0.717) is 24.4 Å². The van der Waals surface area contributed by atoms with Gasteiger partial charge in [-0.3, -0.25) is 9.59 Å². The summed E-state index contributed by atoms with van der Waals surface area (Å²) in [5, 5.41) is 2.95. The highest BCUT2D eigenvalue weighted by Gasteiger charge is 2.29. The molecule has 174 valence electrons. The van der Waals surface area contributed by atoms with Gasteiger partial charge in [-0.25, -0.2) is 4.39 Å². The van der Waals surface area contributed by atoms with Gasteiger partial charge < -0.3 is 15.1 Å². The van der Waals surface area contributed by atoms with Crippen molar-refractivity contribution in [3.8, 4) is 0 Å². The molecule has 0 unspecified atom stereocenters. The second-order valence-electron chi connectivity index (χ2n) is 8.47. The number of halogens is 1. The molecule has 7 heteroatoms. The Bertz CT molecular complexity index is 1030. The van der Waals surface area contributed by atoms with Crippen LogP contribution in [0, 0.1) is 5.82 Å². The Balaban J connectivity index is 1.43. The van der Waals surface area contributed by atoms with Crippen molar-refractivity contribution >= 4 is 28.5 Å². The lowest BCUT2D eigenvalue weighted by atomic mass is 10.1. The van der Waals surface area contributed by atoms with Gasteiger partial charge >= 0.3 is 0 Å². The number of hydrogen-bond donors (Lipinski definition) is 1. The number of hydrogen-bond acceptors (Lipinski definition) is 5. The first-order chi connectivity index (χ1) is 16.0. The third kappa shape index (κ3) is 5.84. The normalized spacial score (nSPS) is 17.8. The number of allylic oxidation sites excluding steroid dienone is 1. The number of rotatable bonds is 7. The van der Waals surface area contributed by atoms with Crippen LogP contribution in [0.25, 0.3) is 0 Å². The summed E-state index contributed by atoms with van der Waals surface area (Å²) in [6.07, 6.45) is 6.59. The topological polar surface area (TPSA) is 52.7 Å². The van der Waals surface area contributed by atoms with Crippen LogP contribution in [0.3, 0.4) is 0 Å². The quantitative estimate of drug-likeness (QED) is 0.460. The third-order valence-electron chi connectivity index (χ3n) is 6.13. The Labute approximate surface area is 199 Å². The van der Waals surface area contributed by atoms with Gasteiger partial charge in [-0.05, 0) is 93.5 Å². The zero-order valence-electron chi connectivity index (χ0n) is 19.0. The maximum atomic E-state index is 13.3. The van der Waals surface area contributed by atoms with Gasteiger partial charge in [0.1, 0.15) is 5.82 Å². The van der Waals surface area contributed by atoms with E-state index in [9.17, 15) is 14.0 Å². The zero-order chi connectivity index (χ0) is 23.2. The predicted molar refractivity (Wildman–Crippen MR) is 131 cm³/mol. The first-order valence-corrected chi connectivity index (χ1v) is 12.4. The fraction of sp³-hybridized carbons (Fsp3) is 0.385. The number of piperidine rings is 1. The van der Waals surface area contributed by atoms with Crippen LogP contribution in [0.2, 0.25) is 0 Å². The van der Waals surface area contributed by atoms with Gasteiger partial charge in [0.25, 0.3) is 5.91 Å². The Morgan fingerprint density at radius 1 is 1.12 bits per heavy atom. The number of nitrogens with zero attached hydrogens (tertiary/aromatic N) is 2. The minimum atomic E-state index is -0.290. The van der Waals surface area contributed by atoms with Crippen molar-refractivity contribution in [2.75, 3.05) is 31.1 Å². The maximum Gasteiger partial charge on any atom is 0.251 e. The molecule has 33 heavy (non-hydrogen) atoms. The molecule has 2 heterocycles. The molecule has 2 aliphatic heterocycles. The van der Waals surface area contributed by atoms with Crippen LogP contribution in [0.1, 0.15) is 48.5 Å². The monoisotopic (exact) mass is 467 g/mol. The molecule has 0 aliphatic carbocycles. The molecule has 0 spiro atoms. The summed E-state index contributed by atoms with van der Waals surface area (Å²) in [5.74, 6) is -0.409. The molecule has 0 saturated carbocycles. The standard InChI is InChI=1S/C26H30FN3O2S/c1-2-22-26(32)33-24-17-20(25(31)28-13-6-16-29-14-4-3-5-15-29)9-12-23(24)30(22)18-19-7-10-21(27)11-8-19/h2,7-12,17H,3-6,13-16,18H2,1H3,(H,28,31). The minimum absolute atomic E-state index is 0.0637. The van der Waals surface area contributed by atoms with E-state index in [1.807, 2.05) is 17.9 Å². The predicted octanol–water partition coefficient (Wildman–Crippen LogP) is 4.97. The van der Waals surface area contributed by atoms with Crippen LogP contribution in [0.5, 0.6) is 0 Å². The molecule has 1 fully saturated rings. The van der Waals surface area contributed by atoms with E-state index >= 15 is 0 Å². The number of likely N-dealkylation sites (tertiary alicyclic amines) is 1. The van der Waals surface area contributed by atoms with Crippen molar-refractivity contribution in [2.24, 2.45) is 0 Å². The summed E-state index contributed by atoms with van der Waals surface area (Å²) in [4.78, 5) is 30.6. The molecule has 1 N–H and O–H groups in total. The highest BCUT2D eigenvalue weighted by atomic mass is 32.2. The largest absolute Gasteiger partial charge is 0.352 e. The Morgan fingerprint density at radius 3 is 2.61 bits per heavy atom. The van der Waals surface area contributed by atoms with Crippen molar-refractivity contribution in [1.29, 1.82) is 0 Å². The second kappa shape index (κ2) is 11.0. The van der Waals surface area contributed by atoms with E-state index in [0.717, 1.165) is 54.0 Å². The lowest BCUT2D eigenvalue weighted by Gasteiger charge is -2.32. The number of carbonyl (C=O) groups excluding carboxylic acids is 2. The average Bonchev–Trinajstić information content (AvgIpc) is 2.83. The maximum absolute atomic E-state index is 13.3. The van der Waals surface area contributed by atoms with Gasteiger partial charge in [0.2, 0.25) is 5.12 Å². The highest BCUT2D eigenvalue weighted by Crippen LogP contribution is 2.41. The van der Waals surface area contributed by atoms with Crippen molar-refractivity contribution in [3.05, 3.63) is 71.2 Å². The smallest absolute Gasteiger partial charge is 0.251 e. The molecule has 4 rings (SSSR count). The first kappa shape index (κ1) is 23.5. The van der Waals surface area contributed by atoms with Crippen molar-refractivity contribution in [1.82, 2.24) is 10.2 Å². The average molecular weight is 468 g/mol. The number of benzene rings is 2. The van der Waals surface area contributed by atoms with E-state index in [4.69, 9.17) is 0 Å². The Kier molecular flexibility index (Phi) is 7.83. The fourth-order valence-electron chi connectivity index (χ4n) is 4.36. The van der Waals surface area contributed by atoms with Gasteiger partial charge in [-0.2, -0.15) is 0 Å². The lowest BCUT2D eigenvalue weighted by Crippen LogP contribution is -2.33. The highest BCUT2D eigenvalue weighted by molar-refractivity contribution is 8.14. The lowest BCUT2D eigenvalue weighted by molar-refractivity contribution is -0.108. The van der Waals surface area contributed by atoms with Crippen molar-refractivity contribution in [2.45, 2.75) is 44.0 Å². The van der Waals surface area contributed by atoms with Gasteiger partial charge in [0.05, 0.1) is 11.4 Å². The number of carbonyl (C=O) groups is 2. The zero-order valence-corrected chi connectivity index (χ0v) is 19.8. The summed E-state index contributed by atoms with van der Waals surface area (Å²) in [5.41, 5.74) is 2.92. The third-order valence-corrected chi connectivity index (χ3v) is 7.07. The Morgan fingerprint density at radius 2 is 1.88 bits per heavy atom. The molecule has 2 aromatic carbocycles. The molecule has 1 saturated heterocycles. The summed E-state index contributed by atoms with van der Waals surface area (Å²) in [6, 6.07) is 11.8. The van der Waals surface area contributed by atoms with Crippen molar-refractivity contribution in [3.63, 3.8) is 0 Å². The van der Waals surface area contributed by atoms with Crippen LogP contribution >= 0.6 is 11.8 Å². The summed E-state index contributed by atoms with van der Waals surface area (Å²) in [7, 11) is 0. The van der Waals surface area contributed by atoms with Crippen LogP contribution in [0.15, 0.2) is 59.1 Å².